The van der Waals surface area contributed by atoms with Gasteiger partial charge in [-0.1, -0.05) is 0 Å². The zero-order valence-corrected chi connectivity index (χ0v) is 9.82. The molecule has 0 aromatic carbocycles. The van der Waals surface area contributed by atoms with Gasteiger partial charge in [-0.2, -0.15) is 0 Å². The summed E-state index contributed by atoms with van der Waals surface area (Å²) in [6.07, 6.45) is 2.50. The Bertz CT molecular complexity index is 418. The molecule has 1 aliphatic rings. The van der Waals surface area contributed by atoms with E-state index in [1.165, 1.54) is 0 Å². The average molecular weight is 220 g/mol. The fourth-order valence-electron chi connectivity index (χ4n) is 1.75. The molecule has 1 atom stereocenters. The lowest BCUT2D eigenvalue weighted by Gasteiger charge is -2.13. The van der Waals surface area contributed by atoms with Gasteiger partial charge >= 0.3 is 0 Å². The first-order valence-electron chi connectivity index (χ1n) is 5.39. The van der Waals surface area contributed by atoms with Crippen molar-refractivity contribution < 1.29 is 4.79 Å². The maximum Gasteiger partial charge on any atom is 0.244 e. The van der Waals surface area contributed by atoms with Gasteiger partial charge < -0.3 is 10.2 Å². The number of aromatic nitrogens is 2. The van der Waals surface area contributed by atoms with Gasteiger partial charge in [0.05, 0.1) is 17.6 Å². The molecule has 1 N–H and O–H groups in total. The van der Waals surface area contributed by atoms with E-state index in [9.17, 15) is 4.79 Å². The first-order valence-corrected chi connectivity index (χ1v) is 5.39. The number of carbonyl (C=O) groups is 1. The standard InChI is InChI=1S/C11H16N4O/c1-7-8(2)13-10(6-12-7)14-9-4-5-15(3)11(9)16/h6,9H,4-5H2,1-3H3,(H,13,14). The third-order valence-corrected chi connectivity index (χ3v) is 2.94. The molecule has 1 aromatic rings. The predicted octanol–water partition coefficient (Wildman–Crippen LogP) is 0.736. The third-order valence-electron chi connectivity index (χ3n) is 2.94. The van der Waals surface area contributed by atoms with E-state index >= 15 is 0 Å². The highest BCUT2D eigenvalue weighted by atomic mass is 16.2. The van der Waals surface area contributed by atoms with Crippen LogP contribution in [0.15, 0.2) is 6.20 Å². The second-order valence-electron chi connectivity index (χ2n) is 4.17. The Labute approximate surface area is 94.9 Å². The largest absolute Gasteiger partial charge is 0.357 e. The number of likely N-dealkylation sites (N-methyl/N-ethyl adjacent to an activating group) is 1. The van der Waals surface area contributed by atoms with E-state index in [0.717, 1.165) is 24.4 Å². The summed E-state index contributed by atoms with van der Waals surface area (Å²) in [5, 5.41) is 3.12. The van der Waals surface area contributed by atoms with Crippen molar-refractivity contribution in [3.8, 4) is 0 Å². The SMILES string of the molecule is Cc1ncc(NC2CCN(C)C2=O)nc1C. The summed E-state index contributed by atoms with van der Waals surface area (Å²) in [5.41, 5.74) is 1.81. The molecule has 2 rings (SSSR count). The second kappa shape index (κ2) is 4.08. The molecule has 1 unspecified atom stereocenters. The minimum Gasteiger partial charge on any atom is -0.357 e. The summed E-state index contributed by atoms with van der Waals surface area (Å²) in [5.74, 6) is 0.803. The van der Waals surface area contributed by atoms with E-state index < -0.39 is 0 Å². The van der Waals surface area contributed by atoms with Crippen LogP contribution < -0.4 is 5.32 Å². The normalized spacial score (nSPS) is 20.3. The molecule has 5 nitrogen and oxygen atoms in total. The number of amides is 1. The lowest BCUT2D eigenvalue weighted by atomic mass is 10.2. The summed E-state index contributed by atoms with van der Waals surface area (Å²) in [6, 6.07) is -0.151. The summed E-state index contributed by atoms with van der Waals surface area (Å²) >= 11 is 0. The Morgan fingerprint density at radius 1 is 1.44 bits per heavy atom. The third kappa shape index (κ3) is 1.98. The quantitative estimate of drug-likeness (QED) is 0.798. The van der Waals surface area contributed by atoms with E-state index in [0.29, 0.717) is 5.82 Å². The number of aryl methyl sites for hydroxylation is 2. The fraction of sp³-hybridized carbons (Fsp3) is 0.545. The molecule has 1 aliphatic heterocycles. The Hall–Kier alpha value is -1.65. The zero-order valence-electron chi connectivity index (χ0n) is 9.82. The van der Waals surface area contributed by atoms with Crippen LogP contribution in [0.1, 0.15) is 17.8 Å². The number of hydrogen-bond donors (Lipinski definition) is 1. The van der Waals surface area contributed by atoms with Crippen LogP contribution in [0, 0.1) is 13.8 Å². The minimum atomic E-state index is -0.151. The van der Waals surface area contributed by atoms with Crippen LogP contribution in [0.25, 0.3) is 0 Å². The topological polar surface area (TPSA) is 58.1 Å². The van der Waals surface area contributed by atoms with E-state index in [4.69, 9.17) is 0 Å². The number of rotatable bonds is 2. The zero-order chi connectivity index (χ0) is 11.7. The second-order valence-corrected chi connectivity index (χ2v) is 4.17. The van der Waals surface area contributed by atoms with Gasteiger partial charge in [0.15, 0.2) is 0 Å². The lowest BCUT2D eigenvalue weighted by molar-refractivity contribution is -0.127. The molecule has 16 heavy (non-hydrogen) atoms. The maximum atomic E-state index is 11.7. The number of carbonyl (C=O) groups excluding carboxylic acids is 1. The highest BCUT2D eigenvalue weighted by Gasteiger charge is 2.29. The van der Waals surface area contributed by atoms with Crippen molar-refractivity contribution >= 4 is 11.7 Å². The molecule has 1 amide bonds. The van der Waals surface area contributed by atoms with Crippen LogP contribution in [0.3, 0.4) is 0 Å². The van der Waals surface area contributed by atoms with E-state index in [2.05, 4.69) is 15.3 Å². The first kappa shape index (κ1) is 10.9. The van der Waals surface area contributed by atoms with Crippen LogP contribution >= 0.6 is 0 Å². The average Bonchev–Trinajstić information content (AvgIpc) is 2.55. The number of anilines is 1. The van der Waals surface area contributed by atoms with Crippen LogP contribution in [0.5, 0.6) is 0 Å². The Morgan fingerprint density at radius 3 is 2.75 bits per heavy atom. The van der Waals surface area contributed by atoms with E-state index in [-0.39, 0.29) is 11.9 Å². The molecule has 0 aliphatic carbocycles. The van der Waals surface area contributed by atoms with Crippen molar-refractivity contribution in [2.24, 2.45) is 0 Å². The molecule has 0 bridgehead atoms. The highest BCUT2D eigenvalue weighted by molar-refractivity contribution is 5.86. The van der Waals surface area contributed by atoms with Gasteiger partial charge in [0.2, 0.25) is 5.91 Å². The van der Waals surface area contributed by atoms with Gasteiger partial charge in [-0.3, -0.25) is 9.78 Å². The molecule has 2 heterocycles. The molecule has 0 spiro atoms. The number of nitrogens with zero attached hydrogens (tertiary/aromatic N) is 3. The van der Waals surface area contributed by atoms with Crippen molar-refractivity contribution in [3.05, 3.63) is 17.6 Å². The van der Waals surface area contributed by atoms with Gasteiger partial charge in [-0.15, -0.1) is 0 Å². The highest BCUT2D eigenvalue weighted by Crippen LogP contribution is 2.14. The van der Waals surface area contributed by atoms with Gasteiger partial charge in [0.25, 0.3) is 0 Å². The van der Waals surface area contributed by atoms with Crippen LogP contribution in [-0.4, -0.2) is 40.4 Å². The van der Waals surface area contributed by atoms with Crippen molar-refractivity contribution in [1.82, 2.24) is 14.9 Å². The molecule has 1 fully saturated rings. The van der Waals surface area contributed by atoms with E-state index in [1.807, 2.05) is 20.9 Å². The van der Waals surface area contributed by atoms with Crippen molar-refractivity contribution in [2.45, 2.75) is 26.3 Å². The fourth-order valence-corrected chi connectivity index (χ4v) is 1.75. The molecular weight excluding hydrogens is 204 g/mol. The monoisotopic (exact) mass is 220 g/mol. The number of nitrogens with one attached hydrogen (secondary N) is 1. The smallest absolute Gasteiger partial charge is 0.244 e. The van der Waals surface area contributed by atoms with Gasteiger partial charge in [0.1, 0.15) is 11.9 Å². The molecular formula is C11H16N4O. The van der Waals surface area contributed by atoms with Crippen LogP contribution in [0.2, 0.25) is 0 Å². The molecule has 5 heteroatoms. The molecule has 1 saturated heterocycles. The molecule has 1 aromatic heterocycles. The lowest BCUT2D eigenvalue weighted by Crippen LogP contribution is -2.31. The van der Waals surface area contributed by atoms with Crippen LogP contribution in [0.4, 0.5) is 5.82 Å². The molecule has 0 saturated carbocycles. The summed E-state index contributed by atoms with van der Waals surface area (Å²) in [6.45, 7) is 4.63. The molecule has 0 radical (unpaired) electrons. The Kier molecular flexibility index (Phi) is 2.77. The van der Waals surface area contributed by atoms with Crippen LogP contribution in [-0.2, 0) is 4.79 Å². The van der Waals surface area contributed by atoms with Crippen molar-refractivity contribution in [2.75, 3.05) is 18.9 Å². The number of likely N-dealkylation sites (tertiary alicyclic amines) is 1. The summed E-state index contributed by atoms with van der Waals surface area (Å²) in [4.78, 5) is 22.0. The minimum absolute atomic E-state index is 0.125. The van der Waals surface area contributed by atoms with Gasteiger partial charge in [0, 0.05) is 13.6 Å². The summed E-state index contributed by atoms with van der Waals surface area (Å²) < 4.78 is 0. The Morgan fingerprint density at radius 2 is 2.19 bits per heavy atom. The van der Waals surface area contributed by atoms with Gasteiger partial charge in [-0.25, -0.2) is 4.98 Å². The van der Waals surface area contributed by atoms with Crippen molar-refractivity contribution in [3.63, 3.8) is 0 Å². The van der Waals surface area contributed by atoms with Gasteiger partial charge in [-0.05, 0) is 20.3 Å². The maximum absolute atomic E-state index is 11.7. The van der Waals surface area contributed by atoms with E-state index in [1.54, 1.807) is 11.1 Å². The Balaban J connectivity index is 2.10. The number of hydrogen-bond acceptors (Lipinski definition) is 4. The summed E-state index contributed by atoms with van der Waals surface area (Å²) in [7, 11) is 1.82. The molecule has 86 valence electrons. The first-order chi connectivity index (χ1) is 7.58. The van der Waals surface area contributed by atoms with Crippen molar-refractivity contribution in [1.29, 1.82) is 0 Å². The predicted molar refractivity (Wildman–Crippen MR) is 61.2 cm³/mol.